The molecule has 6 nitrogen and oxygen atoms in total. The molecule has 188 valence electrons. The third-order valence-corrected chi connectivity index (χ3v) is 8.63. The molecule has 3 aliphatic heterocycles. The van der Waals surface area contributed by atoms with E-state index in [1.807, 2.05) is 59.7 Å². The molecule has 1 atom stereocenters. The summed E-state index contributed by atoms with van der Waals surface area (Å²) in [5.74, 6) is -1.82. The Hall–Kier alpha value is -3.92. The smallest absolute Gasteiger partial charge is 0.301 e. The number of benzene rings is 2. The number of nitrogens with one attached hydrogen (secondary N) is 2. The van der Waals surface area contributed by atoms with Gasteiger partial charge in [0.15, 0.2) is 0 Å². The van der Waals surface area contributed by atoms with Gasteiger partial charge in [-0.05, 0) is 41.8 Å². The monoisotopic (exact) mass is 523 g/mol. The van der Waals surface area contributed by atoms with E-state index in [0.717, 1.165) is 28.2 Å². The van der Waals surface area contributed by atoms with Gasteiger partial charge in [0.2, 0.25) is 0 Å². The molecule has 0 saturated carbocycles. The van der Waals surface area contributed by atoms with Crippen LogP contribution in [-0.2, 0) is 20.4 Å². The maximum atomic E-state index is 15.0. The standard InChI is InChI=1S/C27H20F3N3O3S/c1-25(2)15-7-4-5-10-19(15)33-20-16(25)8-6-9-17(20)26(3,27(28,29)30)18-12-13(37-23(18)33)11-14-21(34)31-24(36)32-22(14)35/h4-12H,1-3H3,(H2,31,32,34,35,36). The van der Waals surface area contributed by atoms with Crippen molar-refractivity contribution < 1.29 is 27.6 Å². The van der Waals surface area contributed by atoms with Crippen LogP contribution in [0.5, 0.6) is 0 Å². The van der Waals surface area contributed by atoms with Crippen LogP contribution in [0, 0.1) is 0 Å². The zero-order chi connectivity index (χ0) is 26.5. The van der Waals surface area contributed by atoms with Gasteiger partial charge in [0.25, 0.3) is 11.8 Å². The lowest BCUT2D eigenvalue weighted by Gasteiger charge is -2.49. The molecule has 4 amide bonds. The van der Waals surface area contributed by atoms with E-state index < -0.39 is 34.9 Å². The van der Waals surface area contributed by atoms with Crippen LogP contribution in [-0.4, -0.2) is 24.0 Å². The van der Waals surface area contributed by atoms with Crippen molar-refractivity contribution in [2.24, 2.45) is 0 Å². The molecule has 0 aliphatic carbocycles. The average Bonchev–Trinajstić information content (AvgIpc) is 3.24. The largest absolute Gasteiger partial charge is 0.402 e. The summed E-state index contributed by atoms with van der Waals surface area (Å²) in [6.07, 6.45) is -3.41. The minimum Gasteiger partial charge on any atom is -0.301 e. The second-order valence-corrected chi connectivity index (χ2v) is 11.0. The zero-order valence-electron chi connectivity index (χ0n) is 19.9. The fourth-order valence-electron chi connectivity index (χ4n) is 5.56. The van der Waals surface area contributed by atoms with Gasteiger partial charge >= 0.3 is 12.2 Å². The molecule has 1 unspecified atom stereocenters. The first-order valence-electron chi connectivity index (χ1n) is 11.5. The van der Waals surface area contributed by atoms with Crippen LogP contribution in [0.3, 0.4) is 0 Å². The van der Waals surface area contributed by atoms with Crippen molar-refractivity contribution in [2.75, 3.05) is 4.90 Å². The Bertz CT molecular complexity index is 1560. The summed E-state index contributed by atoms with van der Waals surface area (Å²) in [7, 11) is 0. The third kappa shape index (κ3) is 3.02. The van der Waals surface area contributed by atoms with Crippen LogP contribution >= 0.6 is 11.3 Å². The SMILES string of the molecule is CC1(C)c2ccccc2N2c3sc(C=C4C(=O)NC(=O)NC4=O)cc3C(C)(C(F)(F)F)c3cccc1c32. The van der Waals surface area contributed by atoms with E-state index in [1.165, 1.54) is 25.1 Å². The van der Waals surface area contributed by atoms with Gasteiger partial charge in [-0.15, -0.1) is 11.3 Å². The van der Waals surface area contributed by atoms with E-state index in [1.54, 1.807) is 6.07 Å². The number of rotatable bonds is 1. The number of fused-ring (bicyclic) bond motifs is 4. The normalized spacial score (nSPS) is 21.5. The molecule has 37 heavy (non-hydrogen) atoms. The Morgan fingerprint density at radius 3 is 2.16 bits per heavy atom. The highest BCUT2D eigenvalue weighted by atomic mass is 32.1. The van der Waals surface area contributed by atoms with Crippen molar-refractivity contribution in [2.45, 2.75) is 37.8 Å². The van der Waals surface area contributed by atoms with Gasteiger partial charge < -0.3 is 4.90 Å². The highest BCUT2D eigenvalue weighted by molar-refractivity contribution is 7.17. The molecule has 0 spiro atoms. The van der Waals surface area contributed by atoms with Crippen LogP contribution < -0.4 is 15.5 Å². The number of barbiturate groups is 1. The third-order valence-electron chi connectivity index (χ3n) is 7.56. The molecule has 3 aromatic rings. The van der Waals surface area contributed by atoms with Gasteiger partial charge in [0.05, 0.1) is 11.4 Å². The first-order chi connectivity index (χ1) is 17.4. The number of urea groups is 1. The molecule has 3 aliphatic rings. The topological polar surface area (TPSA) is 78.5 Å². The van der Waals surface area contributed by atoms with Gasteiger partial charge in [0.1, 0.15) is 16.0 Å². The summed E-state index contributed by atoms with van der Waals surface area (Å²) in [6.45, 7) is 5.19. The Morgan fingerprint density at radius 1 is 0.865 bits per heavy atom. The minimum absolute atomic E-state index is 0.0312. The van der Waals surface area contributed by atoms with Crippen LogP contribution in [0.4, 0.5) is 34.3 Å². The van der Waals surface area contributed by atoms with Crippen molar-refractivity contribution in [3.63, 3.8) is 0 Å². The number of hydrogen-bond donors (Lipinski definition) is 2. The Kier molecular flexibility index (Phi) is 4.64. The van der Waals surface area contributed by atoms with Crippen molar-refractivity contribution in [1.29, 1.82) is 0 Å². The molecule has 1 fully saturated rings. The second kappa shape index (κ2) is 7.32. The molecule has 1 aromatic heterocycles. The van der Waals surface area contributed by atoms with E-state index in [2.05, 4.69) is 0 Å². The van der Waals surface area contributed by atoms with Gasteiger partial charge in [-0.3, -0.25) is 20.2 Å². The number of carbonyl (C=O) groups excluding carboxylic acids is 3. The number of halogens is 3. The van der Waals surface area contributed by atoms with Crippen molar-refractivity contribution in [3.05, 3.63) is 81.2 Å². The number of thiophene rings is 1. The lowest BCUT2D eigenvalue weighted by atomic mass is 9.66. The molecule has 6 rings (SSSR count). The summed E-state index contributed by atoms with van der Waals surface area (Å²) in [4.78, 5) is 38.2. The molecule has 1 saturated heterocycles. The fraction of sp³-hybridized carbons (Fsp3) is 0.222. The number of imide groups is 2. The Balaban J connectivity index is 1.66. The van der Waals surface area contributed by atoms with E-state index >= 15 is 0 Å². The zero-order valence-corrected chi connectivity index (χ0v) is 20.7. The van der Waals surface area contributed by atoms with Gasteiger partial charge in [0, 0.05) is 15.9 Å². The Morgan fingerprint density at radius 2 is 1.49 bits per heavy atom. The highest BCUT2D eigenvalue weighted by Gasteiger charge is 2.60. The molecule has 2 aromatic carbocycles. The number of para-hydroxylation sites is 2. The van der Waals surface area contributed by atoms with Crippen LogP contribution in [0.15, 0.2) is 54.1 Å². The van der Waals surface area contributed by atoms with Crippen LogP contribution in [0.2, 0.25) is 0 Å². The molecular formula is C27H20F3N3O3S. The number of hydrogen-bond acceptors (Lipinski definition) is 5. The number of nitrogens with zero attached hydrogens (tertiary/aromatic N) is 1. The quantitative estimate of drug-likeness (QED) is 0.313. The van der Waals surface area contributed by atoms with Gasteiger partial charge in [-0.25, -0.2) is 4.79 Å². The summed E-state index contributed by atoms with van der Waals surface area (Å²) >= 11 is 1.06. The van der Waals surface area contributed by atoms with E-state index in [9.17, 15) is 27.6 Å². The number of alkyl halides is 3. The lowest BCUT2D eigenvalue weighted by molar-refractivity contribution is -0.173. The summed E-state index contributed by atoms with van der Waals surface area (Å²) in [5.41, 5.74) is -0.0440. The second-order valence-electron chi connectivity index (χ2n) is 9.97. The number of carbonyl (C=O) groups is 3. The summed E-state index contributed by atoms with van der Waals surface area (Å²) in [6, 6.07) is 13.1. The molecule has 0 radical (unpaired) electrons. The molecule has 0 bridgehead atoms. The maximum Gasteiger partial charge on any atom is 0.402 e. The van der Waals surface area contributed by atoms with E-state index in [4.69, 9.17) is 0 Å². The molecule has 2 N–H and O–H groups in total. The van der Waals surface area contributed by atoms with Gasteiger partial charge in [-0.2, -0.15) is 13.2 Å². The molecule has 4 heterocycles. The predicted molar refractivity (Wildman–Crippen MR) is 133 cm³/mol. The van der Waals surface area contributed by atoms with Crippen molar-refractivity contribution >= 4 is 51.6 Å². The first-order valence-corrected chi connectivity index (χ1v) is 12.3. The van der Waals surface area contributed by atoms with Crippen LogP contribution in [0.1, 0.15) is 47.9 Å². The van der Waals surface area contributed by atoms with Gasteiger partial charge in [-0.1, -0.05) is 50.2 Å². The first kappa shape index (κ1) is 23.5. The summed E-state index contributed by atoms with van der Waals surface area (Å²) in [5, 5.41) is 4.35. The summed E-state index contributed by atoms with van der Waals surface area (Å²) < 4.78 is 45.0. The van der Waals surface area contributed by atoms with Crippen molar-refractivity contribution in [1.82, 2.24) is 10.6 Å². The Labute approximate surface area is 213 Å². The highest BCUT2D eigenvalue weighted by Crippen LogP contribution is 2.64. The van der Waals surface area contributed by atoms with E-state index in [0.29, 0.717) is 10.7 Å². The minimum atomic E-state index is -4.64. The van der Waals surface area contributed by atoms with E-state index in [-0.39, 0.29) is 21.6 Å². The molecular weight excluding hydrogens is 503 g/mol. The predicted octanol–water partition coefficient (Wildman–Crippen LogP) is 5.79. The molecule has 10 heteroatoms. The fourth-order valence-corrected chi connectivity index (χ4v) is 6.79. The average molecular weight is 524 g/mol. The maximum absolute atomic E-state index is 15.0. The lowest BCUT2D eigenvalue weighted by Crippen LogP contribution is -2.51. The number of anilines is 3. The van der Waals surface area contributed by atoms with Crippen molar-refractivity contribution in [3.8, 4) is 0 Å². The van der Waals surface area contributed by atoms with Crippen LogP contribution in [0.25, 0.3) is 6.08 Å². The number of amides is 4.